The number of amides is 2. The maximum atomic E-state index is 12.8. The molecule has 0 saturated heterocycles. The van der Waals surface area contributed by atoms with Crippen LogP contribution in [-0.4, -0.2) is 42.2 Å². The summed E-state index contributed by atoms with van der Waals surface area (Å²) in [7, 11) is 3.09. The zero-order chi connectivity index (χ0) is 23.1. The second-order valence-corrected chi connectivity index (χ2v) is 7.38. The average Bonchev–Trinajstić information content (AvgIpc) is 3.31. The van der Waals surface area contributed by atoms with E-state index in [9.17, 15) is 9.59 Å². The Kier molecular flexibility index (Phi) is 7.43. The summed E-state index contributed by atoms with van der Waals surface area (Å²) < 4.78 is 15.9. The lowest BCUT2D eigenvalue weighted by molar-refractivity contribution is -0.124. The van der Waals surface area contributed by atoms with Gasteiger partial charge in [0.25, 0.3) is 5.91 Å². The number of pyridine rings is 1. The van der Waals surface area contributed by atoms with Gasteiger partial charge in [0.15, 0.2) is 11.5 Å². The number of nitrogens with one attached hydrogen (secondary N) is 2. The van der Waals surface area contributed by atoms with Gasteiger partial charge in [0.2, 0.25) is 5.91 Å². The summed E-state index contributed by atoms with van der Waals surface area (Å²) in [5.74, 6) is 0.533. The van der Waals surface area contributed by atoms with E-state index in [-0.39, 0.29) is 24.1 Å². The van der Waals surface area contributed by atoms with E-state index in [2.05, 4.69) is 20.8 Å². The van der Waals surface area contributed by atoms with E-state index in [4.69, 9.17) is 14.0 Å². The number of nitrogens with zero attached hydrogens (tertiary/aromatic N) is 2. The van der Waals surface area contributed by atoms with E-state index in [0.29, 0.717) is 22.8 Å². The number of rotatable bonds is 9. The summed E-state index contributed by atoms with van der Waals surface area (Å²) in [4.78, 5) is 29.6. The fourth-order valence-electron chi connectivity index (χ4n) is 3.05. The van der Waals surface area contributed by atoms with Crippen molar-refractivity contribution in [1.29, 1.82) is 0 Å². The summed E-state index contributed by atoms with van der Waals surface area (Å²) in [6.45, 7) is 3.97. The Labute approximate surface area is 186 Å². The Morgan fingerprint density at radius 3 is 2.56 bits per heavy atom. The lowest BCUT2D eigenvalue weighted by atomic mass is 10.0. The molecule has 168 valence electrons. The summed E-state index contributed by atoms with van der Waals surface area (Å²) in [5.41, 5.74) is 1.40. The molecule has 2 amide bonds. The smallest absolute Gasteiger partial charge is 0.274 e. The summed E-state index contributed by atoms with van der Waals surface area (Å²) in [6.07, 6.45) is 1.66. The zero-order valence-electron chi connectivity index (χ0n) is 18.4. The van der Waals surface area contributed by atoms with Crippen LogP contribution in [0.1, 0.15) is 30.0 Å². The van der Waals surface area contributed by atoms with E-state index in [1.54, 1.807) is 37.6 Å². The van der Waals surface area contributed by atoms with Gasteiger partial charge < -0.3 is 24.6 Å². The molecule has 32 heavy (non-hydrogen) atoms. The van der Waals surface area contributed by atoms with Crippen molar-refractivity contribution < 1.29 is 23.6 Å². The molecular formula is C23H26N4O5. The molecule has 1 atom stereocenters. The Morgan fingerprint density at radius 2 is 1.91 bits per heavy atom. The Balaban J connectivity index is 1.70. The number of carbonyl (C=O) groups excluding carboxylic acids is 2. The summed E-state index contributed by atoms with van der Waals surface area (Å²) >= 11 is 0. The maximum absolute atomic E-state index is 12.8. The molecule has 0 aliphatic heterocycles. The number of methoxy groups -OCH3 is 2. The van der Waals surface area contributed by atoms with Crippen molar-refractivity contribution in [2.45, 2.75) is 26.4 Å². The van der Waals surface area contributed by atoms with Gasteiger partial charge in [0.05, 0.1) is 32.0 Å². The first-order chi connectivity index (χ1) is 15.4. The predicted molar refractivity (Wildman–Crippen MR) is 117 cm³/mol. The quantitative estimate of drug-likeness (QED) is 0.528. The number of aromatic nitrogens is 2. The monoisotopic (exact) mass is 438 g/mol. The van der Waals surface area contributed by atoms with E-state index in [1.165, 1.54) is 13.2 Å². The Hall–Kier alpha value is -3.88. The van der Waals surface area contributed by atoms with Crippen molar-refractivity contribution in [3.8, 4) is 22.8 Å². The molecule has 3 rings (SSSR count). The van der Waals surface area contributed by atoms with Gasteiger partial charge in [0.1, 0.15) is 17.5 Å². The molecule has 3 aromatic rings. The van der Waals surface area contributed by atoms with Crippen LogP contribution in [0.3, 0.4) is 0 Å². The number of hydrogen-bond donors (Lipinski definition) is 2. The predicted octanol–water partition coefficient (Wildman–Crippen LogP) is 2.82. The lowest BCUT2D eigenvalue weighted by Crippen LogP contribution is -2.49. The van der Waals surface area contributed by atoms with Crippen molar-refractivity contribution in [3.05, 3.63) is 60.0 Å². The molecule has 0 radical (unpaired) electrons. The largest absolute Gasteiger partial charge is 0.497 e. The second-order valence-electron chi connectivity index (χ2n) is 7.38. The number of benzene rings is 1. The van der Waals surface area contributed by atoms with E-state index < -0.39 is 11.9 Å². The molecule has 9 nitrogen and oxygen atoms in total. The SMILES string of the molecule is COc1ccc(-c2cc(C(=O)N[C@@H](C(=O)NCc3ccccn3)C(C)C)no2)c(OC)c1. The molecule has 2 heterocycles. The van der Waals surface area contributed by atoms with Crippen molar-refractivity contribution >= 4 is 11.8 Å². The van der Waals surface area contributed by atoms with Gasteiger partial charge in [-0.2, -0.15) is 0 Å². The molecule has 2 N–H and O–H groups in total. The van der Waals surface area contributed by atoms with Crippen molar-refractivity contribution in [2.75, 3.05) is 14.2 Å². The number of ether oxygens (including phenoxy) is 2. The van der Waals surface area contributed by atoms with Crippen LogP contribution in [0.4, 0.5) is 0 Å². The standard InChI is InChI=1S/C23H26N4O5/c1-14(2)21(23(29)25-13-15-7-5-6-10-24-15)26-22(28)18-12-20(32-27-18)17-9-8-16(30-3)11-19(17)31-4/h5-12,14,21H,13H2,1-4H3,(H,25,29)(H,26,28)/t21-/m1/s1. The van der Waals surface area contributed by atoms with E-state index >= 15 is 0 Å². The molecule has 2 aromatic heterocycles. The average molecular weight is 438 g/mol. The molecule has 0 spiro atoms. The van der Waals surface area contributed by atoms with Crippen LogP contribution in [0.25, 0.3) is 11.3 Å². The first-order valence-corrected chi connectivity index (χ1v) is 10.1. The van der Waals surface area contributed by atoms with Crippen LogP contribution in [0.2, 0.25) is 0 Å². The van der Waals surface area contributed by atoms with Gasteiger partial charge in [0, 0.05) is 18.3 Å². The third kappa shape index (κ3) is 5.42. The highest BCUT2D eigenvalue weighted by molar-refractivity contribution is 5.96. The second kappa shape index (κ2) is 10.4. The van der Waals surface area contributed by atoms with Gasteiger partial charge in [-0.3, -0.25) is 14.6 Å². The summed E-state index contributed by atoms with van der Waals surface area (Å²) in [5, 5.41) is 9.40. The zero-order valence-corrected chi connectivity index (χ0v) is 18.4. The number of carbonyl (C=O) groups is 2. The van der Waals surface area contributed by atoms with Crippen LogP contribution in [0.15, 0.2) is 53.2 Å². The highest BCUT2D eigenvalue weighted by atomic mass is 16.5. The topological polar surface area (TPSA) is 116 Å². The Bertz CT molecular complexity index is 1070. The molecule has 0 bridgehead atoms. The minimum Gasteiger partial charge on any atom is -0.497 e. The minimum absolute atomic E-state index is 0.0565. The van der Waals surface area contributed by atoms with Crippen LogP contribution < -0.4 is 20.1 Å². The van der Waals surface area contributed by atoms with E-state index in [1.807, 2.05) is 26.0 Å². The van der Waals surface area contributed by atoms with Crippen molar-refractivity contribution in [1.82, 2.24) is 20.8 Å². The van der Waals surface area contributed by atoms with Crippen LogP contribution in [0, 0.1) is 5.92 Å². The van der Waals surface area contributed by atoms with Gasteiger partial charge in [-0.15, -0.1) is 0 Å². The van der Waals surface area contributed by atoms with Crippen molar-refractivity contribution in [3.63, 3.8) is 0 Å². The molecule has 0 fully saturated rings. The third-order valence-electron chi connectivity index (χ3n) is 4.82. The van der Waals surface area contributed by atoms with Gasteiger partial charge in [-0.25, -0.2) is 0 Å². The van der Waals surface area contributed by atoms with Crippen LogP contribution >= 0.6 is 0 Å². The normalized spacial score (nSPS) is 11.7. The third-order valence-corrected chi connectivity index (χ3v) is 4.82. The fraction of sp³-hybridized carbons (Fsp3) is 0.304. The molecule has 0 unspecified atom stereocenters. The van der Waals surface area contributed by atoms with Gasteiger partial charge >= 0.3 is 0 Å². The first-order valence-electron chi connectivity index (χ1n) is 10.1. The highest BCUT2D eigenvalue weighted by Gasteiger charge is 2.26. The number of hydrogen-bond acceptors (Lipinski definition) is 7. The van der Waals surface area contributed by atoms with Gasteiger partial charge in [-0.1, -0.05) is 25.1 Å². The van der Waals surface area contributed by atoms with Crippen LogP contribution in [-0.2, 0) is 11.3 Å². The fourth-order valence-corrected chi connectivity index (χ4v) is 3.05. The maximum Gasteiger partial charge on any atom is 0.274 e. The lowest BCUT2D eigenvalue weighted by Gasteiger charge is -2.21. The summed E-state index contributed by atoms with van der Waals surface area (Å²) in [6, 6.07) is 11.4. The molecular weight excluding hydrogens is 412 g/mol. The molecule has 0 aliphatic carbocycles. The Morgan fingerprint density at radius 1 is 1.09 bits per heavy atom. The molecule has 0 aliphatic rings. The van der Waals surface area contributed by atoms with Crippen LogP contribution in [0.5, 0.6) is 11.5 Å². The molecule has 9 heteroatoms. The molecule has 1 aromatic carbocycles. The van der Waals surface area contributed by atoms with Crippen molar-refractivity contribution in [2.24, 2.45) is 5.92 Å². The highest BCUT2D eigenvalue weighted by Crippen LogP contribution is 2.33. The van der Waals surface area contributed by atoms with Gasteiger partial charge in [-0.05, 0) is 30.2 Å². The minimum atomic E-state index is -0.748. The first kappa shape index (κ1) is 22.8. The van der Waals surface area contributed by atoms with E-state index in [0.717, 1.165) is 5.69 Å². The molecule has 0 saturated carbocycles.